The fourth-order valence-electron chi connectivity index (χ4n) is 2.10. The van der Waals surface area contributed by atoms with Crippen LogP contribution in [0.3, 0.4) is 0 Å². The average molecular weight is 212 g/mol. The first-order chi connectivity index (χ1) is 7.54. The molecule has 0 bridgehead atoms. The summed E-state index contributed by atoms with van der Waals surface area (Å²) in [5.74, 6) is 0. The van der Waals surface area contributed by atoms with E-state index in [2.05, 4.69) is 26.0 Å². The molecule has 0 unspecified atom stereocenters. The number of benzene rings is 1. The molecule has 0 saturated carbocycles. The lowest BCUT2D eigenvalue weighted by atomic mass is 9.86. The predicted octanol–water partition coefficient (Wildman–Crippen LogP) is 3.05. The zero-order valence-electron chi connectivity index (χ0n) is 10.3. The van der Waals surface area contributed by atoms with E-state index in [9.17, 15) is 0 Å². The lowest BCUT2D eigenvalue weighted by molar-refractivity contribution is 1.05. The predicted molar refractivity (Wildman–Crippen MR) is 64.0 cm³/mol. The summed E-state index contributed by atoms with van der Waals surface area (Å²) in [6.07, 6.45) is 0.787. The van der Waals surface area contributed by atoms with Crippen LogP contribution in [0.25, 0.3) is 0 Å². The molecule has 0 saturated heterocycles. The van der Waals surface area contributed by atoms with Gasteiger partial charge in [0.05, 0.1) is 25.0 Å². The second-order valence-corrected chi connectivity index (χ2v) is 4.13. The Morgan fingerprint density at radius 3 is 1.25 bits per heavy atom. The highest BCUT2D eigenvalue weighted by Crippen LogP contribution is 2.27. The van der Waals surface area contributed by atoms with Gasteiger partial charge in [-0.15, -0.1) is 0 Å². The van der Waals surface area contributed by atoms with Gasteiger partial charge in [0.1, 0.15) is 0 Å². The highest BCUT2D eigenvalue weighted by Gasteiger charge is 2.14. The number of hydrogen-bond acceptors (Lipinski definition) is 2. The number of nitriles is 2. The van der Waals surface area contributed by atoms with Crippen molar-refractivity contribution < 1.29 is 0 Å². The van der Waals surface area contributed by atoms with Crippen molar-refractivity contribution in [2.75, 3.05) is 0 Å². The standard InChI is InChI=1S/C14H16N2/c1-9-10(2)12(4)14(6-8-16)13(5-7-15)11(9)3/h5-6H2,1-4H3. The fourth-order valence-corrected chi connectivity index (χ4v) is 2.10. The molecule has 0 radical (unpaired) electrons. The van der Waals surface area contributed by atoms with Crippen molar-refractivity contribution in [3.05, 3.63) is 33.4 Å². The van der Waals surface area contributed by atoms with E-state index in [0.717, 1.165) is 22.3 Å². The fraction of sp³-hybridized carbons (Fsp3) is 0.429. The van der Waals surface area contributed by atoms with Crippen LogP contribution in [0.1, 0.15) is 33.4 Å². The molecule has 1 aromatic rings. The van der Waals surface area contributed by atoms with Crippen LogP contribution in [0.15, 0.2) is 0 Å². The van der Waals surface area contributed by atoms with Gasteiger partial charge in [-0.2, -0.15) is 10.5 Å². The van der Waals surface area contributed by atoms with Crippen molar-refractivity contribution in [2.24, 2.45) is 0 Å². The van der Waals surface area contributed by atoms with Gasteiger partial charge in [-0.05, 0) is 61.1 Å². The molecule has 0 fully saturated rings. The molecule has 0 heterocycles. The molecule has 0 aliphatic rings. The van der Waals surface area contributed by atoms with Gasteiger partial charge in [-0.1, -0.05) is 0 Å². The summed E-state index contributed by atoms with van der Waals surface area (Å²) in [6.45, 7) is 8.23. The third kappa shape index (κ3) is 1.92. The molecule has 0 aliphatic heterocycles. The van der Waals surface area contributed by atoms with E-state index in [0.29, 0.717) is 12.8 Å². The van der Waals surface area contributed by atoms with Crippen molar-refractivity contribution in [2.45, 2.75) is 40.5 Å². The first kappa shape index (κ1) is 12.3. The van der Waals surface area contributed by atoms with E-state index < -0.39 is 0 Å². The van der Waals surface area contributed by atoms with Gasteiger partial charge in [0.15, 0.2) is 0 Å². The average Bonchev–Trinajstić information content (AvgIpc) is 2.28. The first-order valence-electron chi connectivity index (χ1n) is 5.36. The van der Waals surface area contributed by atoms with Crippen LogP contribution in [-0.4, -0.2) is 0 Å². The van der Waals surface area contributed by atoms with Crippen LogP contribution in [0.4, 0.5) is 0 Å². The third-order valence-corrected chi connectivity index (χ3v) is 3.47. The molecule has 0 aromatic heterocycles. The number of hydrogen-bond donors (Lipinski definition) is 0. The van der Waals surface area contributed by atoms with Crippen LogP contribution in [0, 0.1) is 50.4 Å². The van der Waals surface area contributed by atoms with Crippen LogP contribution in [0.5, 0.6) is 0 Å². The molecule has 0 aliphatic carbocycles. The van der Waals surface area contributed by atoms with Gasteiger partial charge in [0.25, 0.3) is 0 Å². The van der Waals surface area contributed by atoms with Gasteiger partial charge in [0.2, 0.25) is 0 Å². The zero-order valence-corrected chi connectivity index (χ0v) is 10.3. The molecule has 0 spiro atoms. The summed E-state index contributed by atoms with van der Waals surface area (Å²) in [5, 5.41) is 17.7. The summed E-state index contributed by atoms with van der Waals surface area (Å²) < 4.78 is 0. The first-order valence-corrected chi connectivity index (χ1v) is 5.36. The van der Waals surface area contributed by atoms with E-state index in [1.165, 1.54) is 11.1 Å². The van der Waals surface area contributed by atoms with Crippen molar-refractivity contribution in [3.63, 3.8) is 0 Å². The minimum atomic E-state index is 0.394. The van der Waals surface area contributed by atoms with Crippen molar-refractivity contribution in [1.29, 1.82) is 10.5 Å². The molecule has 0 atom stereocenters. The maximum Gasteiger partial charge on any atom is 0.0669 e. The molecule has 0 amide bonds. The Balaban J connectivity index is 3.57. The molecule has 1 aromatic carbocycles. The normalized spacial score (nSPS) is 9.62. The Bertz CT molecular complexity index is 452. The molecule has 0 N–H and O–H groups in total. The van der Waals surface area contributed by atoms with Crippen molar-refractivity contribution in [1.82, 2.24) is 0 Å². The Morgan fingerprint density at radius 2 is 1.00 bits per heavy atom. The molecular weight excluding hydrogens is 196 g/mol. The molecule has 82 valence electrons. The second-order valence-electron chi connectivity index (χ2n) is 4.13. The van der Waals surface area contributed by atoms with Crippen molar-refractivity contribution in [3.8, 4) is 12.1 Å². The summed E-state index contributed by atoms with van der Waals surface area (Å²) in [4.78, 5) is 0. The Labute approximate surface area is 97.1 Å². The Morgan fingerprint density at radius 1 is 0.688 bits per heavy atom. The SMILES string of the molecule is Cc1c(C)c(C)c(CC#N)c(CC#N)c1C. The smallest absolute Gasteiger partial charge is 0.0669 e. The number of rotatable bonds is 2. The second kappa shape index (κ2) is 4.81. The third-order valence-electron chi connectivity index (χ3n) is 3.47. The van der Waals surface area contributed by atoms with Gasteiger partial charge >= 0.3 is 0 Å². The molecular formula is C14H16N2. The monoisotopic (exact) mass is 212 g/mol. The summed E-state index contributed by atoms with van der Waals surface area (Å²) in [6, 6.07) is 4.38. The Hall–Kier alpha value is -1.80. The highest BCUT2D eigenvalue weighted by molar-refractivity contribution is 5.51. The maximum absolute atomic E-state index is 8.85. The van der Waals surface area contributed by atoms with Gasteiger partial charge < -0.3 is 0 Å². The highest BCUT2D eigenvalue weighted by atomic mass is 14.3. The zero-order chi connectivity index (χ0) is 12.3. The number of nitrogens with zero attached hydrogens (tertiary/aromatic N) is 2. The van der Waals surface area contributed by atoms with E-state index in [1.54, 1.807) is 0 Å². The van der Waals surface area contributed by atoms with Crippen LogP contribution in [-0.2, 0) is 12.8 Å². The lowest BCUT2D eigenvalue weighted by Gasteiger charge is -2.17. The molecule has 1 rings (SSSR count). The van der Waals surface area contributed by atoms with E-state index in [4.69, 9.17) is 10.5 Å². The minimum absolute atomic E-state index is 0.394. The van der Waals surface area contributed by atoms with Gasteiger partial charge in [-0.25, -0.2) is 0 Å². The summed E-state index contributed by atoms with van der Waals surface area (Å²) >= 11 is 0. The maximum atomic E-state index is 8.85. The van der Waals surface area contributed by atoms with E-state index >= 15 is 0 Å². The van der Waals surface area contributed by atoms with Crippen LogP contribution < -0.4 is 0 Å². The van der Waals surface area contributed by atoms with Gasteiger partial charge in [0, 0.05) is 0 Å². The Kier molecular flexibility index (Phi) is 3.69. The minimum Gasteiger partial charge on any atom is -0.198 e. The van der Waals surface area contributed by atoms with Crippen molar-refractivity contribution >= 4 is 0 Å². The molecule has 2 nitrogen and oxygen atoms in total. The topological polar surface area (TPSA) is 47.6 Å². The quantitative estimate of drug-likeness (QED) is 0.756. The summed E-state index contributed by atoms with van der Waals surface area (Å²) in [7, 11) is 0. The lowest BCUT2D eigenvalue weighted by Crippen LogP contribution is -2.05. The van der Waals surface area contributed by atoms with Gasteiger partial charge in [-0.3, -0.25) is 0 Å². The largest absolute Gasteiger partial charge is 0.198 e. The molecule has 16 heavy (non-hydrogen) atoms. The molecule has 2 heteroatoms. The van der Waals surface area contributed by atoms with Crippen LogP contribution in [0.2, 0.25) is 0 Å². The van der Waals surface area contributed by atoms with E-state index in [1.807, 2.05) is 13.8 Å². The summed E-state index contributed by atoms with van der Waals surface area (Å²) in [5.41, 5.74) is 6.90. The van der Waals surface area contributed by atoms with Crippen LogP contribution >= 0.6 is 0 Å². The van der Waals surface area contributed by atoms with E-state index in [-0.39, 0.29) is 0 Å².